The van der Waals surface area contributed by atoms with Gasteiger partial charge in [-0.25, -0.2) is 8.42 Å². The summed E-state index contributed by atoms with van der Waals surface area (Å²) < 4.78 is 65.0. The standard InChI is InChI=1S/C15H22F3N3O3S.HI/c1-19-14(20-6-7-24-8-9-25(2,22)23)21-11-12-4-3-5-13(10-12)15(16,17)18;/h3-5,10H,6-9,11H2,1-2H3,(H2,19,20,21);1H. The fourth-order valence-corrected chi connectivity index (χ4v) is 2.24. The Morgan fingerprint density at radius 1 is 1.23 bits per heavy atom. The average Bonchev–Trinajstić information content (AvgIpc) is 2.52. The molecule has 0 radical (unpaired) electrons. The first-order valence-corrected chi connectivity index (χ1v) is 9.54. The molecule has 0 bridgehead atoms. The first-order chi connectivity index (χ1) is 11.6. The molecule has 6 nitrogen and oxygen atoms in total. The summed E-state index contributed by atoms with van der Waals surface area (Å²) in [5, 5.41) is 5.82. The molecule has 11 heteroatoms. The largest absolute Gasteiger partial charge is 0.416 e. The zero-order valence-corrected chi connectivity index (χ0v) is 17.6. The molecule has 0 saturated heterocycles. The molecule has 0 fully saturated rings. The Hall–Kier alpha value is -1.08. The molecule has 0 amide bonds. The Bertz CT molecular complexity index is 682. The molecule has 0 aliphatic heterocycles. The highest BCUT2D eigenvalue weighted by Gasteiger charge is 2.30. The van der Waals surface area contributed by atoms with E-state index in [4.69, 9.17) is 4.74 Å². The van der Waals surface area contributed by atoms with Gasteiger partial charge in [-0.05, 0) is 17.7 Å². The number of sulfone groups is 1. The van der Waals surface area contributed by atoms with E-state index in [9.17, 15) is 21.6 Å². The maximum Gasteiger partial charge on any atom is 0.416 e. The first-order valence-electron chi connectivity index (χ1n) is 7.48. The van der Waals surface area contributed by atoms with Crippen molar-refractivity contribution >= 4 is 39.8 Å². The Morgan fingerprint density at radius 3 is 2.50 bits per heavy atom. The van der Waals surface area contributed by atoms with Crippen molar-refractivity contribution in [2.75, 3.05) is 38.8 Å². The van der Waals surface area contributed by atoms with Crippen LogP contribution >= 0.6 is 24.0 Å². The van der Waals surface area contributed by atoms with E-state index >= 15 is 0 Å². The number of benzene rings is 1. The van der Waals surface area contributed by atoms with Gasteiger partial charge in [0.1, 0.15) is 9.84 Å². The van der Waals surface area contributed by atoms with Crippen LogP contribution in [0.2, 0.25) is 0 Å². The third kappa shape index (κ3) is 10.8. The van der Waals surface area contributed by atoms with Gasteiger partial charge in [0.15, 0.2) is 5.96 Å². The van der Waals surface area contributed by atoms with Crippen molar-refractivity contribution in [3.05, 3.63) is 35.4 Å². The molecular weight excluding hydrogens is 486 g/mol. The van der Waals surface area contributed by atoms with Gasteiger partial charge in [-0.1, -0.05) is 12.1 Å². The molecule has 26 heavy (non-hydrogen) atoms. The predicted molar refractivity (Wildman–Crippen MR) is 106 cm³/mol. The van der Waals surface area contributed by atoms with Crippen molar-refractivity contribution in [3.63, 3.8) is 0 Å². The summed E-state index contributed by atoms with van der Waals surface area (Å²) in [6, 6.07) is 5.04. The van der Waals surface area contributed by atoms with Crippen LogP contribution in [0.3, 0.4) is 0 Å². The maximum atomic E-state index is 12.7. The first kappa shape index (κ1) is 24.9. The molecule has 0 aromatic heterocycles. The molecule has 0 heterocycles. The molecule has 1 rings (SSSR count). The van der Waals surface area contributed by atoms with Gasteiger partial charge in [-0.3, -0.25) is 4.99 Å². The Morgan fingerprint density at radius 2 is 1.92 bits per heavy atom. The molecule has 150 valence electrons. The third-order valence-corrected chi connectivity index (χ3v) is 3.98. The van der Waals surface area contributed by atoms with Crippen LogP contribution in [0.5, 0.6) is 0 Å². The fraction of sp³-hybridized carbons (Fsp3) is 0.533. The van der Waals surface area contributed by atoms with Crippen LogP contribution in [0.25, 0.3) is 0 Å². The number of nitrogens with one attached hydrogen (secondary N) is 2. The minimum absolute atomic E-state index is 0. The molecule has 0 spiro atoms. The summed E-state index contributed by atoms with van der Waals surface area (Å²) >= 11 is 0. The molecule has 1 aromatic carbocycles. The van der Waals surface area contributed by atoms with Gasteiger partial charge < -0.3 is 15.4 Å². The summed E-state index contributed by atoms with van der Waals surface area (Å²) in [7, 11) is -1.51. The summed E-state index contributed by atoms with van der Waals surface area (Å²) in [5.74, 6) is 0.360. The SMILES string of the molecule is CN=C(NCCOCCS(C)(=O)=O)NCc1cccc(C(F)(F)F)c1.I. The van der Waals surface area contributed by atoms with Crippen molar-refractivity contribution in [1.82, 2.24) is 10.6 Å². The van der Waals surface area contributed by atoms with Crippen LogP contribution in [0.4, 0.5) is 13.2 Å². The third-order valence-electron chi connectivity index (χ3n) is 3.08. The molecular formula is C15H23F3IN3O3S. The number of hydrogen-bond donors (Lipinski definition) is 2. The summed E-state index contributed by atoms with van der Waals surface area (Å²) in [5.41, 5.74) is -0.226. The zero-order chi connectivity index (χ0) is 18.9. The normalized spacial score (nSPS) is 12.4. The second-order valence-electron chi connectivity index (χ2n) is 5.29. The van der Waals surface area contributed by atoms with E-state index < -0.39 is 21.6 Å². The van der Waals surface area contributed by atoms with Crippen LogP contribution in [-0.4, -0.2) is 53.2 Å². The highest BCUT2D eigenvalue weighted by molar-refractivity contribution is 14.0. The van der Waals surface area contributed by atoms with Crippen LogP contribution in [-0.2, 0) is 27.3 Å². The Labute approximate surface area is 168 Å². The van der Waals surface area contributed by atoms with E-state index in [-0.39, 0.29) is 49.5 Å². The second-order valence-corrected chi connectivity index (χ2v) is 7.55. The number of hydrogen-bond acceptors (Lipinski definition) is 4. The van der Waals surface area contributed by atoms with Gasteiger partial charge in [-0.2, -0.15) is 13.2 Å². The summed E-state index contributed by atoms with van der Waals surface area (Å²) in [4.78, 5) is 3.95. The van der Waals surface area contributed by atoms with Crippen molar-refractivity contribution < 1.29 is 26.3 Å². The van der Waals surface area contributed by atoms with E-state index in [1.165, 1.54) is 13.1 Å². The van der Waals surface area contributed by atoms with E-state index in [1.54, 1.807) is 6.07 Å². The lowest BCUT2D eigenvalue weighted by Crippen LogP contribution is -2.38. The second kappa shape index (κ2) is 11.6. The number of ether oxygens (including phenoxy) is 1. The monoisotopic (exact) mass is 509 g/mol. The average molecular weight is 509 g/mol. The molecule has 0 unspecified atom stereocenters. The predicted octanol–water partition coefficient (Wildman–Crippen LogP) is 2.05. The number of rotatable bonds is 8. The number of halogens is 4. The maximum absolute atomic E-state index is 12.7. The zero-order valence-electron chi connectivity index (χ0n) is 14.5. The van der Waals surface area contributed by atoms with Gasteiger partial charge >= 0.3 is 6.18 Å². The molecule has 1 aromatic rings. The highest BCUT2D eigenvalue weighted by atomic mass is 127. The lowest BCUT2D eigenvalue weighted by Gasteiger charge is -2.13. The van der Waals surface area contributed by atoms with E-state index in [2.05, 4.69) is 15.6 Å². The van der Waals surface area contributed by atoms with Crippen molar-refractivity contribution in [2.24, 2.45) is 4.99 Å². The molecule has 0 aliphatic rings. The summed E-state index contributed by atoms with van der Waals surface area (Å²) in [6.45, 7) is 0.946. The lowest BCUT2D eigenvalue weighted by molar-refractivity contribution is -0.137. The van der Waals surface area contributed by atoms with E-state index in [0.29, 0.717) is 18.1 Å². The fourth-order valence-electron chi connectivity index (χ4n) is 1.82. The van der Waals surface area contributed by atoms with E-state index in [0.717, 1.165) is 18.4 Å². The number of aliphatic imine (C=N–C) groups is 1. The number of guanidine groups is 1. The topological polar surface area (TPSA) is 79.8 Å². The summed E-state index contributed by atoms with van der Waals surface area (Å²) in [6.07, 6.45) is -3.24. The van der Waals surface area contributed by atoms with Crippen molar-refractivity contribution in [1.29, 1.82) is 0 Å². The van der Waals surface area contributed by atoms with Crippen LogP contribution in [0.1, 0.15) is 11.1 Å². The molecule has 0 saturated carbocycles. The lowest BCUT2D eigenvalue weighted by atomic mass is 10.1. The van der Waals surface area contributed by atoms with Gasteiger partial charge in [-0.15, -0.1) is 24.0 Å². The van der Waals surface area contributed by atoms with Crippen LogP contribution < -0.4 is 10.6 Å². The number of nitrogens with zero attached hydrogens (tertiary/aromatic N) is 1. The Kier molecular flexibility index (Phi) is 11.1. The molecule has 2 N–H and O–H groups in total. The van der Waals surface area contributed by atoms with Crippen LogP contribution in [0, 0.1) is 0 Å². The van der Waals surface area contributed by atoms with Gasteiger partial charge in [0.25, 0.3) is 0 Å². The van der Waals surface area contributed by atoms with Gasteiger partial charge in [0, 0.05) is 26.4 Å². The minimum atomic E-state index is -4.38. The van der Waals surface area contributed by atoms with Crippen LogP contribution in [0.15, 0.2) is 29.3 Å². The minimum Gasteiger partial charge on any atom is -0.379 e. The molecule has 0 aliphatic carbocycles. The highest BCUT2D eigenvalue weighted by Crippen LogP contribution is 2.29. The quantitative estimate of drug-likeness (QED) is 0.243. The smallest absolute Gasteiger partial charge is 0.379 e. The van der Waals surface area contributed by atoms with Crippen molar-refractivity contribution in [2.45, 2.75) is 12.7 Å². The Balaban J connectivity index is 0.00000625. The van der Waals surface area contributed by atoms with E-state index in [1.807, 2.05) is 0 Å². The molecule has 0 atom stereocenters. The number of alkyl halides is 3. The van der Waals surface area contributed by atoms with Gasteiger partial charge in [0.05, 0.1) is 24.5 Å². The van der Waals surface area contributed by atoms with Gasteiger partial charge in [0.2, 0.25) is 0 Å². The van der Waals surface area contributed by atoms with Crippen molar-refractivity contribution in [3.8, 4) is 0 Å².